The summed E-state index contributed by atoms with van der Waals surface area (Å²) in [6.45, 7) is 6.17. The molecular formula is C15H23NO. The normalized spacial score (nSPS) is 12.2. The number of aryl methyl sites for hydroxylation is 1. The topological polar surface area (TPSA) is 29.1 Å². The number of carbonyl (C=O) groups is 1. The van der Waals surface area contributed by atoms with E-state index in [9.17, 15) is 4.79 Å². The van der Waals surface area contributed by atoms with E-state index in [0.717, 1.165) is 18.5 Å². The second-order valence-corrected chi connectivity index (χ2v) is 4.60. The van der Waals surface area contributed by atoms with Gasteiger partial charge < -0.3 is 5.32 Å². The molecule has 1 atom stereocenters. The largest absolute Gasteiger partial charge is 0.326 e. The van der Waals surface area contributed by atoms with Crippen LogP contribution in [0.25, 0.3) is 0 Å². The third-order valence-electron chi connectivity index (χ3n) is 3.10. The number of benzene rings is 1. The summed E-state index contributed by atoms with van der Waals surface area (Å²) in [5.41, 5.74) is 2.24. The Morgan fingerprint density at radius 3 is 2.41 bits per heavy atom. The van der Waals surface area contributed by atoms with Crippen LogP contribution in [0.2, 0.25) is 0 Å². The predicted molar refractivity (Wildman–Crippen MR) is 73.1 cm³/mol. The molecule has 0 bridgehead atoms. The molecule has 0 spiro atoms. The minimum Gasteiger partial charge on any atom is -0.326 e. The summed E-state index contributed by atoms with van der Waals surface area (Å²) in [4.78, 5) is 11.7. The number of nitrogens with one attached hydrogen (secondary N) is 1. The smallest absolute Gasteiger partial charge is 0.227 e. The fourth-order valence-corrected chi connectivity index (χ4v) is 1.59. The van der Waals surface area contributed by atoms with E-state index in [-0.39, 0.29) is 11.8 Å². The zero-order valence-electron chi connectivity index (χ0n) is 11.1. The molecule has 94 valence electrons. The van der Waals surface area contributed by atoms with Crippen molar-refractivity contribution in [2.45, 2.75) is 46.5 Å². The van der Waals surface area contributed by atoms with Crippen molar-refractivity contribution in [2.75, 3.05) is 5.32 Å². The number of unbranched alkanes of at least 4 members (excludes halogenated alkanes) is 1. The summed E-state index contributed by atoms with van der Waals surface area (Å²) in [6, 6.07) is 8.18. The van der Waals surface area contributed by atoms with Crippen LogP contribution in [0.4, 0.5) is 5.69 Å². The zero-order chi connectivity index (χ0) is 12.7. The van der Waals surface area contributed by atoms with Crippen LogP contribution in [0.3, 0.4) is 0 Å². The van der Waals surface area contributed by atoms with E-state index in [2.05, 4.69) is 24.4 Å². The number of hydrogen-bond acceptors (Lipinski definition) is 1. The van der Waals surface area contributed by atoms with Gasteiger partial charge in [-0.15, -0.1) is 0 Å². The minimum atomic E-state index is 0.0785. The Hall–Kier alpha value is -1.31. The van der Waals surface area contributed by atoms with E-state index in [1.54, 1.807) is 0 Å². The third kappa shape index (κ3) is 4.59. The van der Waals surface area contributed by atoms with Crippen molar-refractivity contribution in [1.29, 1.82) is 0 Å². The van der Waals surface area contributed by atoms with Gasteiger partial charge in [-0.25, -0.2) is 0 Å². The summed E-state index contributed by atoms with van der Waals surface area (Å²) in [6.07, 6.45) is 4.43. The molecule has 0 aliphatic carbocycles. The Balaban J connectivity index is 2.53. The van der Waals surface area contributed by atoms with Gasteiger partial charge >= 0.3 is 0 Å². The van der Waals surface area contributed by atoms with Crippen molar-refractivity contribution in [3.63, 3.8) is 0 Å². The van der Waals surface area contributed by atoms with E-state index >= 15 is 0 Å². The van der Waals surface area contributed by atoms with E-state index in [1.165, 1.54) is 18.4 Å². The number of anilines is 1. The quantitative estimate of drug-likeness (QED) is 0.790. The van der Waals surface area contributed by atoms with Gasteiger partial charge in [0.25, 0.3) is 0 Å². The third-order valence-corrected chi connectivity index (χ3v) is 3.10. The van der Waals surface area contributed by atoms with Gasteiger partial charge in [0.1, 0.15) is 0 Å². The second kappa shape index (κ2) is 7.10. The molecule has 0 saturated heterocycles. The van der Waals surface area contributed by atoms with Gasteiger partial charge in [0, 0.05) is 11.6 Å². The molecule has 1 aromatic rings. The molecular weight excluding hydrogens is 210 g/mol. The first-order valence-electron chi connectivity index (χ1n) is 6.57. The fourth-order valence-electron chi connectivity index (χ4n) is 1.59. The van der Waals surface area contributed by atoms with E-state index in [4.69, 9.17) is 0 Å². The molecule has 0 aliphatic heterocycles. The molecule has 0 unspecified atom stereocenters. The molecule has 1 aromatic carbocycles. The molecule has 1 N–H and O–H groups in total. The van der Waals surface area contributed by atoms with Gasteiger partial charge in [0.05, 0.1) is 0 Å². The number of rotatable bonds is 6. The van der Waals surface area contributed by atoms with Gasteiger partial charge in [0.2, 0.25) is 5.91 Å². The highest BCUT2D eigenvalue weighted by Gasteiger charge is 2.09. The van der Waals surface area contributed by atoms with Crippen LogP contribution < -0.4 is 5.32 Å². The van der Waals surface area contributed by atoms with Crippen molar-refractivity contribution in [2.24, 2.45) is 5.92 Å². The monoisotopic (exact) mass is 233 g/mol. The van der Waals surface area contributed by atoms with Gasteiger partial charge in [-0.1, -0.05) is 39.3 Å². The predicted octanol–water partition coefficient (Wildman–Crippen LogP) is 4.01. The molecule has 1 rings (SSSR count). The lowest BCUT2D eigenvalue weighted by Gasteiger charge is -2.10. The molecule has 0 heterocycles. The molecule has 0 aliphatic rings. The van der Waals surface area contributed by atoms with Crippen molar-refractivity contribution in [3.05, 3.63) is 29.8 Å². The zero-order valence-corrected chi connectivity index (χ0v) is 11.1. The van der Waals surface area contributed by atoms with Gasteiger partial charge in [-0.05, 0) is 37.0 Å². The number of hydrogen-bond donors (Lipinski definition) is 1. The van der Waals surface area contributed by atoms with Crippen LogP contribution in [-0.4, -0.2) is 5.91 Å². The van der Waals surface area contributed by atoms with Gasteiger partial charge in [0.15, 0.2) is 0 Å². The number of amides is 1. The maximum absolute atomic E-state index is 11.7. The second-order valence-electron chi connectivity index (χ2n) is 4.60. The standard InChI is InChI=1S/C15H23NO/c1-4-6-7-13-8-10-14(11-9-13)16-15(17)12(3)5-2/h8-12H,4-7H2,1-3H3,(H,16,17)/t12-/m0/s1. The van der Waals surface area contributed by atoms with Gasteiger partial charge in [-0.3, -0.25) is 4.79 Å². The van der Waals surface area contributed by atoms with Crippen LogP contribution >= 0.6 is 0 Å². The van der Waals surface area contributed by atoms with Crippen LogP contribution in [0, 0.1) is 5.92 Å². The van der Waals surface area contributed by atoms with Gasteiger partial charge in [-0.2, -0.15) is 0 Å². The van der Waals surface area contributed by atoms with Crippen LogP contribution in [-0.2, 0) is 11.2 Å². The highest BCUT2D eigenvalue weighted by molar-refractivity contribution is 5.92. The first kappa shape index (κ1) is 13.8. The lowest BCUT2D eigenvalue weighted by atomic mass is 10.1. The molecule has 17 heavy (non-hydrogen) atoms. The Bertz CT molecular complexity index is 342. The van der Waals surface area contributed by atoms with Crippen LogP contribution in [0.5, 0.6) is 0 Å². The maximum atomic E-state index is 11.7. The van der Waals surface area contributed by atoms with E-state index in [1.807, 2.05) is 26.0 Å². The molecule has 0 fully saturated rings. The average Bonchev–Trinajstić information content (AvgIpc) is 2.37. The molecule has 1 amide bonds. The molecule has 0 saturated carbocycles. The van der Waals surface area contributed by atoms with E-state index < -0.39 is 0 Å². The van der Waals surface area contributed by atoms with Crippen molar-refractivity contribution < 1.29 is 4.79 Å². The summed E-state index contributed by atoms with van der Waals surface area (Å²) in [7, 11) is 0. The van der Waals surface area contributed by atoms with Crippen molar-refractivity contribution in [3.8, 4) is 0 Å². The van der Waals surface area contributed by atoms with Crippen molar-refractivity contribution in [1.82, 2.24) is 0 Å². The summed E-state index contributed by atoms with van der Waals surface area (Å²) < 4.78 is 0. The summed E-state index contributed by atoms with van der Waals surface area (Å²) >= 11 is 0. The van der Waals surface area contributed by atoms with Crippen LogP contribution in [0.1, 0.15) is 45.6 Å². The Kier molecular flexibility index (Phi) is 5.75. The molecule has 2 heteroatoms. The first-order valence-corrected chi connectivity index (χ1v) is 6.57. The first-order chi connectivity index (χ1) is 8.17. The number of carbonyl (C=O) groups excluding carboxylic acids is 1. The Morgan fingerprint density at radius 2 is 1.88 bits per heavy atom. The summed E-state index contributed by atoms with van der Waals surface area (Å²) in [5, 5.41) is 2.94. The van der Waals surface area contributed by atoms with Crippen LogP contribution in [0.15, 0.2) is 24.3 Å². The highest BCUT2D eigenvalue weighted by Crippen LogP contribution is 2.13. The highest BCUT2D eigenvalue weighted by atomic mass is 16.1. The molecule has 2 nitrogen and oxygen atoms in total. The summed E-state index contributed by atoms with van der Waals surface area (Å²) in [5.74, 6) is 0.184. The average molecular weight is 233 g/mol. The Morgan fingerprint density at radius 1 is 1.24 bits per heavy atom. The lowest BCUT2D eigenvalue weighted by Crippen LogP contribution is -2.19. The lowest BCUT2D eigenvalue weighted by molar-refractivity contribution is -0.119. The maximum Gasteiger partial charge on any atom is 0.227 e. The minimum absolute atomic E-state index is 0.0785. The van der Waals surface area contributed by atoms with Crippen molar-refractivity contribution >= 4 is 11.6 Å². The fraction of sp³-hybridized carbons (Fsp3) is 0.533. The molecule has 0 radical (unpaired) electrons. The Labute approximate surface area is 104 Å². The molecule has 0 aromatic heterocycles. The van der Waals surface area contributed by atoms with E-state index in [0.29, 0.717) is 0 Å². The SMILES string of the molecule is CCCCc1ccc(NC(=O)[C@@H](C)CC)cc1.